The van der Waals surface area contributed by atoms with E-state index in [9.17, 15) is 18.0 Å². The summed E-state index contributed by atoms with van der Waals surface area (Å²) >= 11 is 0. The van der Waals surface area contributed by atoms with Crippen LogP contribution >= 0.6 is 0 Å². The van der Waals surface area contributed by atoms with Crippen molar-refractivity contribution in [3.63, 3.8) is 0 Å². The van der Waals surface area contributed by atoms with Crippen molar-refractivity contribution >= 4 is 27.5 Å². The topological polar surface area (TPSA) is 112 Å². The van der Waals surface area contributed by atoms with Gasteiger partial charge in [0, 0.05) is 44.1 Å². The molecule has 10 heteroatoms. The Bertz CT molecular complexity index is 1140. The van der Waals surface area contributed by atoms with Crippen LogP contribution in [-0.2, 0) is 14.8 Å². The lowest BCUT2D eigenvalue weighted by molar-refractivity contribution is -0.120. The molecular formula is C24H32N4O5S. The Morgan fingerprint density at radius 1 is 1.12 bits per heavy atom. The van der Waals surface area contributed by atoms with Gasteiger partial charge in [-0.25, -0.2) is 8.42 Å². The number of benzene rings is 1. The minimum atomic E-state index is -3.83. The first kappa shape index (κ1) is 24.3. The number of aromatic amines is 1. The Balaban J connectivity index is 1.42. The molecule has 184 valence electrons. The van der Waals surface area contributed by atoms with Gasteiger partial charge in [0.05, 0.1) is 13.0 Å². The summed E-state index contributed by atoms with van der Waals surface area (Å²) in [6, 6.07) is 8.46. The highest BCUT2D eigenvalue weighted by Crippen LogP contribution is 2.27. The summed E-state index contributed by atoms with van der Waals surface area (Å²) in [5, 5.41) is 2.86. The van der Waals surface area contributed by atoms with E-state index in [2.05, 4.69) is 17.2 Å². The van der Waals surface area contributed by atoms with E-state index in [1.165, 1.54) is 16.6 Å². The van der Waals surface area contributed by atoms with Crippen LogP contribution in [0.15, 0.2) is 41.4 Å². The highest BCUT2D eigenvalue weighted by molar-refractivity contribution is 7.89. The molecule has 1 unspecified atom stereocenters. The second-order valence-corrected chi connectivity index (χ2v) is 11.1. The maximum absolute atomic E-state index is 13.3. The number of rotatable bonds is 6. The molecular weight excluding hydrogens is 456 g/mol. The van der Waals surface area contributed by atoms with Crippen LogP contribution in [-0.4, -0.2) is 67.7 Å². The van der Waals surface area contributed by atoms with Crippen molar-refractivity contribution in [1.29, 1.82) is 0 Å². The van der Waals surface area contributed by atoms with E-state index in [1.54, 1.807) is 36.3 Å². The molecule has 2 fully saturated rings. The van der Waals surface area contributed by atoms with Gasteiger partial charge in [0.15, 0.2) is 0 Å². The molecule has 2 aliphatic heterocycles. The van der Waals surface area contributed by atoms with Gasteiger partial charge >= 0.3 is 0 Å². The van der Waals surface area contributed by atoms with Crippen molar-refractivity contribution in [3.8, 4) is 5.75 Å². The number of ether oxygens (including phenoxy) is 1. The standard InChI is InChI=1S/C24H32N4O5S/c1-17-8-11-27(12-9-17)24(30)22-14-21(15-25-22)34(31,32)28-10-4-5-18(16-28)23(29)26-19-6-3-7-20(13-19)33-2/h3,6-7,13-15,17-18,25H,4-5,8-12,16H2,1-2H3,(H,26,29). The molecule has 9 nitrogen and oxygen atoms in total. The number of carbonyl (C=O) groups excluding carboxylic acids is 2. The summed E-state index contributed by atoms with van der Waals surface area (Å²) < 4.78 is 33.1. The first-order chi connectivity index (χ1) is 16.3. The summed E-state index contributed by atoms with van der Waals surface area (Å²) in [6.45, 7) is 3.96. The lowest BCUT2D eigenvalue weighted by Crippen LogP contribution is -2.43. The summed E-state index contributed by atoms with van der Waals surface area (Å²) in [6.07, 6.45) is 4.45. The highest BCUT2D eigenvalue weighted by Gasteiger charge is 2.34. The average molecular weight is 489 g/mol. The predicted octanol–water partition coefficient (Wildman–Crippen LogP) is 2.93. The van der Waals surface area contributed by atoms with Crippen LogP contribution in [0.3, 0.4) is 0 Å². The maximum atomic E-state index is 13.3. The van der Waals surface area contributed by atoms with E-state index in [0.717, 1.165) is 12.8 Å². The Labute approximate surface area is 200 Å². The molecule has 34 heavy (non-hydrogen) atoms. The second-order valence-electron chi connectivity index (χ2n) is 9.15. The molecule has 2 aliphatic rings. The number of hydrogen-bond donors (Lipinski definition) is 2. The second kappa shape index (κ2) is 10.2. The largest absolute Gasteiger partial charge is 0.497 e. The van der Waals surface area contributed by atoms with E-state index < -0.39 is 15.9 Å². The molecule has 0 spiro atoms. The molecule has 1 aromatic carbocycles. The molecule has 1 atom stereocenters. The summed E-state index contributed by atoms with van der Waals surface area (Å²) in [5.41, 5.74) is 0.877. The van der Waals surface area contributed by atoms with Crippen LogP contribution < -0.4 is 10.1 Å². The first-order valence-electron chi connectivity index (χ1n) is 11.7. The predicted molar refractivity (Wildman–Crippen MR) is 128 cm³/mol. The molecule has 0 aliphatic carbocycles. The zero-order valence-electron chi connectivity index (χ0n) is 19.6. The molecule has 0 bridgehead atoms. The first-order valence-corrected chi connectivity index (χ1v) is 13.1. The van der Waals surface area contributed by atoms with Crippen LogP contribution in [0, 0.1) is 11.8 Å². The van der Waals surface area contributed by atoms with Gasteiger partial charge in [0.25, 0.3) is 5.91 Å². The highest BCUT2D eigenvalue weighted by atomic mass is 32.2. The van der Waals surface area contributed by atoms with Gasteiger partial charge in [0.2, 0.25) is 15.9 Å². The van der Waals surface area contributed by atoms with Crippen LogP contribution in [0.25, 0.3) is 0 Å². The molecule has 2 saturated heterocycles. The van der Waals surface area contributed by atoms with Gasteiger partial charge in [-0.1, -0.05) is 13.0 Å². The lowest BCUT2D eigenvalue weighted by Gasteiger charge is -2.31. The van der Waals surface area contributed by atoms with E-state index in [0.29, 0.717) is 49.8 Å². The zero-order chi connectivity index (χ0) is 24.3. The Morgan fingerprint density at radius 3 is 2.62 bits per heavy atom. The SMILES string of the molecule is COc1cccc(NC(=O)C2CCCN(S(=O)(=O)c3c[nH]c(C(=O)N4CCC(C)CC4)c3)C2)c1. The van der Waals surface area contributed by atoms with Crippen LogP contribution in [0.2, 0.25) is 0 Å². The molecule has 3 heterocycles. The van der Waals surface area contributed by atoms with Crippen molar-refractivity contribution in [2.45, 2.75) is 37.5 Å². The van der Waals surface area contributed by atoms with Gasteiger partial charge < -0.3 is 19.9 Å². The quantitative estimate of drug-likeness (QED) is 0.649. The number of piperidine rings is 2. The fraction of sp³-hybridized carbons (Fsp3) is 0.500. The summed E-state index contributed by atoms with van der Waals surface area (Å²) in [4.78, 5) is 30.3. The number of nitrogens with zero attached hydrogens (tertiary/aromatic N) is 2. The molecule has 4 rings (SSSR count). The van der Waals surface area contributed by atoms with Crippen LogP contribution in [0.5, 0.6) is 5.75 Å². The smallest absolute Gasteiger partial charge is 0.270 e. The number of H-pyrrole nitrogens is 1. The van der Waals surface area contributed by atoms with Gasteiger partial charge in [-0.2, -0.15) is 4.31 Å². The average Bonchev–Trinajstić information content (AvgIpc) is 3.35. The van der Waals surface area contributed by atoms with Crippen molar-refractivity contribution in [3.05, 3.63) is 42.2 Å². The Kier molecular flexibility index (Phi) is 7.27. The molecule has 2 aromatic rings. The number of anilines is 1. The number of amides is 2. The molecule has 1 aromatic heterocycles. The summed E-state index contributed by atoms with van der Waals surface area (Å²) in [7, 11) is -2.28. The zero-order valence-corrected chi connectivity index (χ0v) is 20.4. The third-order valence-corrected chi connectivity index (χ3v) is 8.53. The summed E-state index contributed by atoms with van der Waals surface area (Å²) in [5.74, 6) is 0.351. The fourth-order valence-corrected chi connectivity index (χ4v) is 6.02. The van der Waals surface area contributed by atoms with E-state index in [4.69, 9.17) is 4.74 Å². The number of hydrogen-bond acceptors (Lipinski definition) is 5. The van der Waals surface area contributed by atoms with Crippen molar-refractivity contribution in [1.82, 2.24) is 14.2 Å². The third-order valence-electron chi connectivity index (χ3n) is 6.69. The Morgan fingerprint density at radius 2 is 1.88 bits per heavy atom. The third kappa shape index (κ3) is 5.28. The van der Waals surface area contributed by atoms with Crippen LogP contribution in [0.1, 0.15) is 43.1 Å². The van der Waals surface area contributed by atoms with Gasteiger partial charge in [-0.15, -0.1) is 0 Å². The van der Waals surface area contributed by atoms with Gasteiger partial charge in [-0.3, -0.25) is 9.59 Å². The lowest BCUT2D eigenvalue weighted by atomic mass is 9.98. The number of carbonyl (C=O) groups is 2. The minimum absolute atomic E-state index is 0.0510. The number of aromatic nitrogens is 1. The minimum Gasteiger partial charge on any atom is -0.497 e. The maximum Gasteiger partial charge on any atom is 0.270 e. The Hall–Kier alpha value is -2.85. The molecule has 0 saturated carbocycles. The normalized spacial score (nSPS) is 20.2. The van der Waals surface area contributed by atoms with Crippen LogP contribution in [0.4, 0.5) is 5.69 Å². The van der Waals surface area contributed by atoms with E-state index in [-0.39, 0.29) is 28.9 Å². The molecule has 0 radical (unpaired) electrons. The van der Waals surface area contributed by atoms with Crippen molar-refractivity contribution in [2.24, 2.45) is 11.8 Å². The van der Waals surface area contributed by atoms with E-state index >= 15 is 0 Å². The molecule has 2 amide bonds. The fourth-order valence-electron chi connectivity index (χ4n) is 4.50. The number of methoxy groups -OCH3 is 1. The molecule has 2 N–H and O–H groups in total. The number of likely N-dealkylation sites (tertiary alicyclic amines) is 1. The number of nitrogens with one attached hydrogen (secondary N) is 2. The van der Waals surface area contributed by atoms with E-state index in [1.807, 2.05) is 0 Å². The van der Waals surface area contributed by atoms with Crippen molar-refractivity contribution < 1.29 is 22.7 Å². The van der Waals surface area contributed by atoms with Crippen molar-refractivity contribution in [2.75, 3.05) is 38.6 Å². The van der Waals surface area contributed by atoms with Gasteiger partial charge in [-0.05, 0) is 49.8 Å². The van der Waals surface area contributed by atoms with Gasteiger partial charge in [0.1, 0.15) is 16.3 Å². The monoisotopic (exact) mass is 488 g/mol. The number of sulfonamides is 1.